The number of carbonyl (C=O) groups excluding carboxylic acids is 1. The molecule has 6 nitrogen and oxygen atoms in total. The van der Waals surface area contributed by atoms with E-state index >= 15 is 0 Å². The van der Waals surface area contributed by atoms with E-state index < -0.39 is 5.91 Å². The number of ether oxygens (including phenoxy) is 1. The van der Waals surface area contributed by atoms with Gasteiger partial charge in [-0.25, -0.2) is 5.84 Å². The van der Waals surface area contributed by atoms with Crippen molar-refractivity contribution < 1.29 is 13.9 Å². The molecule has 0 aliphatic carbocycles. The van der Waals surface area contributed by atoms with Crippen molar-refractivity contribution in [1.82, 2.24) is 10.3 Å². The molecule has 0 saturated carbocycles. The lowest BCUT2D eigenvalue weighted by Gasteiger charge is -2.27. The summed E-state index contributed by atoms with van der Waals surface area (Å²) in [6, 6.07) is 2.19. The van der Waals surface area contributed by atoms with Crippen LogP contribution in [0.25, 0.3) is 0 Å². The van der Waals surface area contributed by atoms with Gasteiger partial charge in [0.1, 0.15) is 5.76 Å². The fraction of sp³-hybridized carbons (Fsp3) is 0.643. The lowest BCUT2D eigenvalue weighted by Crippen LogP contribution is -2.35. The second-order valence-corrected chi connectivity index (χ2v) is 4.89. The molecule has 1 unspecified atom stereocenters. The van der Waals surface area contributed by atoms with Crippen molar-refractivity contribution in [2.45, 2.75) is 39.8 Å². The molecule has 20 heavy (non-hydrogen) atoms. The standard InChI is InChI=1S/C14H25N3O3/c1-5-10(2)17(6-7-19-4)9-12-8-13(14(18)16-15)20-11(12)3/h8,10H,5-7,9,15H2,1-4H3,(H,16,18). The zero-order chi connectivity index (χ0) is 15.1. The Labute approximate surface area is 120 Å². The number of nitrogens with zero attached hydrogens (tertiary/aromatic N) is 1. The molecule has 0 aliphatic rings. The summed E-state index contributed by atoms with van der Waals surface area (Å²) in [5, 5.41) is 0. The van der Waals surface area contributed by atoms with Crippen molar-refractivity contribution >= 4 is 5.91 Å². The minimum Gasteiger partial charge on any atom is -0.456 e. The highest BCUT2D eigenvalue weighted by Gasteiger charge is 2.18. The molecule has 1 heterocycles. The molecule has 1 atom stereocenters. The number of nitrogen functional groups attached to an aromatic ring is 1. The molecule has 0 fully saturated rings. The molecule has 3 N–H and O–H groups in total. The molecular formula is C14H25N3O3. The van der Waals surface area contributed by atoms with Gasteiger partial charge >= 0.3 is 5.91 Å². The van der Waals surface area contributed by atoms with E-state index in [0.717, 1.165) is 30.8 Å². The van der Waals surface area contributed by atoms with Gasteiger partial charge in [0.25, 0.3) is 0 Å². The van der Waals surface area contributed by atoms with Crippen LogP contribution in [0.5, 0.6) is 0 Å². The molecule has 1 rings (SSSR count). The van der Waals surface area contributed by atoms with Crippen LogP contribution in [0.2, 0.25) is 0 Å². The summed E-state index contributed by atoms with van der Waals surface area (Å²) in [7, 11) is 1.70. The van der Waals surface area contributed by atoms with Gasteiger partial charge in [0.2, 0.25) is 0 Å². The minimum atomic E-state index is -0.411. The fourth-order valence-electron chi connectivity index (χ4n) is 2.00. The van der Waals surface area contributed by atoms with Gasteiger partial charge in [-0.3, -0.25) is 15.1 Å². The summed E-state index contributed by atoms with van der Waals surface area (Å²) >= 11 is 0. The second-order valence-electron chi connectivity index (χ2n) is 4.89. The van der Waals surface area contributed by atoms with Crippen molar-refractivity contribution in [2.75, 3.05) is 20.3 Å². The average Bonchev–Trinajstić information content (AvgIpc) is 2.82. The molecule has 6 heteroatoms. The summed E-state index contributed by atoms with van der Waals surface area (Å²) in [6.45, 7) is 8.43. The van der Waals surface area contributed by atoms with Crippen LogP contribution in [0, 0.1) is 6.92 Å². The van der Waals surface area contributed by atoms with Crippen molar-refractivity contribution in [3.05, 3.63) is 23.2 Å². The maximum atomic E-state index is 11.5. The molecular weight excluding hydrogens is 258 g/mol. The van der Waals surface area contributed by atoms with E-state index in [4.69, 9.17) is 15.0 Å². The highest BCUT2D eigenvalue weighted by molar-refractivity contribution is 5.91. The predicted octanol–water partition coefficient (Wildman–Crippen LogP) is 1.44. The van der Waals surface area contributed by atoms with Crippen molar-refractivity contribution in [3.63, 3.8) is 0 Å². The number of carbonyl (C=O) groups is 1. The Morgan fingerprint density at radius 1 is 1.60 bits per heavy atom. The number of methoxy groups -OCH3 is 1. The Bertz CT molecular complexity index is 431. The summed E-state index contributed by atoms with van der Waals surface area (Å²) in [6.07, 6.45) is 1.05. The van der Waals surface area contributed by atoms with Gasteiger partial charge in [-0.05, 0) is 26.3 Å². The van der Waals surface area contributed by atoms with Gasteiger partial charge in [-0.15, -0.1) is 0 Å². The molecule has 0 aromatic carbocycles. The van der Waals surface area contributed by atoms with E-state index in [1.807, 2.05) is 6.92 Å². The maximum Gasteiger partial charge on any atom is 0.300 e. The monoisotopic (exact) mass is 283 g/mol. The molecule has 1 aromatic heterocycles. The average molecular weight is 283 g/mol. The number of hydrazine groups is 1. The first-order chi connectivity index (χ1) is 9.53. The Morgan fingerprint density at radius 3 is 2.85 bits per heavy atom. The van der Waals surface area contributed by atoms with Crippen LogP contribution in [0.15, 0.2) is 10.5 Å². The molecule has 0 spiro atoms. The molecule has 1 amide bonds. The molecule has 0 saturated heterocycles. The largest absolute Gasteiger partial charge is 0.456 e. The van der Waals surface area contributed by atoms with E-state index in [1.165, 1.54) is 0 Å². The van der Waals surface area contributed by atoms with Crippen molar-refractivity contribution in [3.8, 4) is 0 Å². The highest BCUT2D eigenvalue weighted by Crippen LogP contribution is 2.18. The minimum absolute atomic E-state index is 0.246. The number of rotatable bonds is 8. The predicted molar refractivity (Wildman–Crippen MR) is 77.1 cm³/mol. The normalized spacial score (nSPS) is 12.7. The van der Waals surface area contributed by atoms with Gasteiger partial charge in [0.05, 0.1) is 6.61 Å². The summed E-state index contributed by atoms with van der Waals surface area (Å²) in [5.41, 5.74) is 3.08. The Balaban J connectivity index is 2.82. The molecule has 0 bridgehead atoms. The number of hydrogen-bond acceptors (Lipinski definition) is 5. The van der Waals surface area contributed by atoms with Gasteiger partial charge in [0.15, 0.2) is 5.76 Å². The van der Waals surface area contributed by atoms with Gasteiger partial charge < -0.3 is 9.15 Å². The van der Waals surface area contributed by atoms with Crippen LogP contribution >= 0.6 is 0 Å². The lowest BCUT2D eigenvalue weighted by molar-refractivity contribution is 0.0924. The van der Waals surface area contributed by atoms with E-state index in [2.05, 4.69) is 24.2 Å². The second kappa shape index (κ2) is 8.04. The Kier molecular flexibility index (Phi) is 6.70. The smallest absolute Gasteiger partial charge is 0.300 e. The van der Waals surface area contributed by atoms with Crippen LogP contribution < -0.4 is 11.3 Å². The number of nitrogens with one attached hydrogen (secondary N) is 1. The van der Waals surface area contributed by atoms with E-state index in [9.17, 15) is 4.79 Å². The van der Waals surface area contributed by atoms with Crippen molar-refractivity contribution in [2.24, 2.45) is 5.84 Å². The Morgan fingerprint density at radius 2 is 2.30 bits per heavy atom. The van der Waals surface area contributed by atoms with E-state index in [1.54, 1.807) is 13.2 Å². The molecule has 114 valence electrons. The third kappa shape index (κ3) is 4.33. The van der Waals surface area contributed by atoms with Gasteiger partial charge in [-0.1, -0.05) is 6.92 Å². The van der Waals surface area contributed by atoms with E-state index in [0.29, 0.717) is 12.6 Å². The van der Waals surface area contributed by atoms with E-state index in [-0.39, 0.29) is 5.76 Å². The van der Waals surface area contributed by atoms with Crippen molar-refractivity contribution in [1.29, 1.82) is 0 Å². The number of furan rings is 1. The Hall–Kier alpha value is -1.37. The summed E-state index contributed by atoms with van der Waals surface area (Å²) < 4.78 is 10.6. The zero-order valence-electron chi connectivity index (χ0n) is 12.7. The number of hydrogen-bond donors (Lipinski definition) is 2. The fourth-order valence-corrected chi connectivity index (χ4v) is 2.00. The highest BCUT2D eigenvalue weighted by atomic mass is 16.5. The van der Waals surface area contributed by atoms with Crippen LogP contribution in [-0.4, -0.2) is 37.1 Å². The first-order valence-corrected chi connectivity index (χ1v) is 6.86. The molecule has 0 radical (unpaired) electrons. The van der Waals surface area contributed by atoms with Crippen LogP contribution in [0.4, 0.5) is 0 Å². The molecule has 1 aromatic rings. The third-order valence-corrected chi connectivity index (χ3v) is 3.55. The number of nitrogens with two attached hydrogens (primary N) is 1. The lowest BCUT2D eigenvalue weighted by atomic mass is 10.1. The van der Waals surface area contributed by atoms with Gasteiger partial charge in [0, 0.05) is 31.8 Å². The maximum absolute atomic E-state index is 11.5. The number of aryl methyl sites for hydroxylation is 1. The summed E-state index contributed by atoms with van der Waals surface area (Å²) in [4.78, 5) is 13.8. The SMILES string of the molecule is CCC(C)N(CCOC)Cc1cc(C(=O)NN)oc1C. The quantitative estimate of drug-likeness (QED) is 0.428. The van der Waals surface area contributed by atoms with Gasteiger partial charge in [-0.2, -0.15) is 0 Å². The molecule has 0 aliphatic heterocycles. The van der Waals surface area contributed by atoms with Crippen LogP contribution in [0.3, 0.4) is 0 Å². The van der Waals surface area contributed by atoms with Crippen LogP contribution in [0.1, 0.15) is 42.1 Å². The third-order valence-electron chi connectivity index (χ3n) is 3.55. The van der Waals surface area contributed by atoms with Crippen LogP contribution in [-0.2, 0) is 11.3 Å². The first kappa shape index (κ1) is 16.7. The summed E-state index contributed by atoms with van der Waals surface area (Å²) in [5.74, 6) is 5.69. The topological polar surface area (TPSA) is 80.7 Å². The number of amides is 1. The first-order valence-electron chi connectivity index (χ1n) is 6.86. The zero-order valence-corrected chi connectivity index (χ0v) is 12.7.